The molecule has 1 aliphatic heterocycles. The van der Waals surface area contributed by atoms with E-state index in [0.717, 1.165) is 39.3 Å². The Kier molecular flexibility index (Phi) is 5.22. The second-order valence-corrected chi connectivity index (χ2v) is 7.19. The van der Waals surface area contributed by atoms with Crippen LogP contribution in [0.4, 0.5) is 5.69 Å². The molecular weight excluding hydrogens is 400 g/mol. The van der Waals surface area contributed by atoms with Crippen molar-refractivity contribution in [2.45, 2.75) is 13.3 Å². The Bertz CT molecular complexity index is 1290. The van der Waals surface area contributed by atoms with Crippen LogP contribution < -0.4 is 4.90 Å². The van der Waals surface area contributed by atoms with Gasteiger partial charge in [0.15, 0.2) is 5.78 Å². The van der Waals surface area contributed by atoms with Crippen molar-refractivity contribution < 1.29 is 14.7 Å². The number of benzene rings is 3. The van der Waals surface area contributed by atoms with Gasteiger partial charge < -0.3 is 15.0 Å². The van der Waals surface area contributed by atoms with Crippen molar-refractivity contribution in [2.24, 2.45) is 0 Å². The van der Waals surface area contributed by atoms with E-state index in [4.69, 9.17) is 0 Å². The molecule has 3 aromatic carbocycles. The van der Waals surface area contributed by atoms with E-state index in [9.17, 15) is 14.7 Å². The number of carbonyl (C=O) groups excluding carboxylic acids is 2. The predicted molar refractivity (Wildman–Crippen MR) is 121 cm³/mol. The Morgan fingerprint density at radius 2 is 1.77 bits per heavy atom. The van der Waals surface area contributed by atoms with Gasteiger partial charge in [0, 0.05) is 40.8 Å². The third kappa shape index (κ3) is 3.21. The van der Waals surface area contributed by atoms with Gasteiger partial charge in [-0.2, -0.15) is 0 Å². The number of hydrogen-bond acceptors (Lipinski definition) is 3. The molecule has 6 heteroatoms. The zero-order chi connectivity index (χ0) is 21.4. The molecule has 0 spiro atoms. The molecule has 152 valence electrons. The minimum atomic E-state index is -0.144. The number of anilines is 1. The summed E-state index contributed by atoms with van der Waals surface area (Å²) in [6, 6.07) is 16.5. The maximum atomic E-state index is 13.2. The summed E-state index contributed by atoms with van der Waals surface area (Å²) in [5, 5.41) is 13.0. The van der Waals surface area contributed by atoms with Gasteiger partial charge in [0.05, 0.1) is 5.69 Å². The molecule has 5 rings (SSSR count). The van der Waals surface area contributed by atoms with Crippen LogP contribution in [0.5, 0.6) is 5.75 Å². The van der Waals surface area contributed by atoms with Crippen LogP contribution in [0, 0.1) is 0 Å². The molecule has 1 amide bonds. The van der Waals surface area contributed by atoms with Gasteiger partial charge in [-0.3, -0.25) is 9.59 Å². The molecule has 2 N–H and O–H groups in total. The molecule has 4 aromatic rings. The van der Waals surface area contributed by atoms with E-state index >= 15 is 0 Å². The standard InChI is InChI=1S/C23H18N2O3.CH3Cl/c1-13(26)14-6-7-19-15(10-14)11-20(24-19)23(28)25-9-8-17-16-4-2-3-5-18(16)22(27)12-21(17)25;1-2/h2-7,10-12,24,27H,8-9H2,1H3;1H3. The van der Waals surface area contributed by atoms with E-state index in [-0.39, 0.29) is 17.4 Å². The number of aromatic amines is 1. The fourth-order valence-corrected chi connectivity index (χ4v) is 4.07. The number of phenols is 1. The number of nitrogens with zero attached hydrogens (tertiary/aromatic N) is 1. The monoisotopic (exact) mass is 420 g/mol. The van der Waals surface area contributed by atoms with E-state index in [2.05, 4.69) is 16.6 Å². The zero-order valence-corrected chi connectivity index (χ0v) is 17.5. The van der Waals surface area contributed by atoms with Crippen LogP contribution in [0.1, 0.15) is 33.3 Å². The molecule has 0 aliphatic carbocycles. The molecule has 0 saturated carbocycles. The first-order chi connectivity index (χ1) is 14.5. The third-order valence-corrected chi connectivity index (χ3v) is 5.49. The lowest BCUT2D eigenvalue weighted by atomic mass is 10.0. The fraction of sp³-hybridized carbons (Fsp3) is 0.167. The highest BCUT2D eigenvalue weighted by Gasteiger charge is 2.29. The van der Waals surface area contributed by atoms with Crippen LogP contribution in [0.25, 0.3) is 21.7 Å². The lowest BCUT2D eigenvalue weighted by Crippen LogP contribution is -2.29. The Morgan fingerprint density at radius 1 is 1.03 bits per heavy atom. The molecule has 0 radical (unpaired) electrons. The maximum Gasteiger partial charge on any atom is 0.274 e. The number of halogens is 1. The minimum Gasteiger partial charge on any atom is -0.507 e. The van der Waals surface area contributed by atoms with Crippen molar-refractivity contribution in [1.82, 2.24) is 4.98 Å². The van der Waals surface area contributed by atoms with Gasteiger partial charge in [0.2, 0.25) is 0 Å². The number of aromatic hydroxyl groups is 1. The first-order valence-electron chi connectivity index (χ1n) is 9.60. The molecule has 0 fully saturated rings. The molecule has 30 heavy (non-hydrogen) atoms. The first kappa shape index (κ1) is 20.0. The summed E-state index contributed by atoms with van der Waals surface area (Å²) in [7, 11) is 0. The van der Waals surface area contributed by atoms with E-state index in [1.165, 1.54) is 13.3 Å². The highest BCUT2D eigenvalue weighted by atomic mass is 35.5. The van der Waals surface area contributed by atoms with Crippen molar-refractivity contribution in [1.29, 1.82) is 0 Å². The number of fused-ring (bicyclic) bond motifs is 4. The molecule has 0 bridgehead atoms. The van der Waals surface area contributed by atoms with Crippen LogP contribution in [0.15, 0.2) is 54.6 Å². The molecule has 1 aliphatic rings. The minimum absolute atomic E-state index is 0.00759. The second kappa shape index (κ2) is 7.84. The predicted octanol–water partition coefficient (Wildman–Crippen LogP) is 5.29. The van der Waals surface area contributed by atoms with Gasteiger partial charge in [-0.25, -0.2) is 0 Å². The maximum absolute atomic E-state index is 13.2. The number of alkyl halides is 1. The van der Waals surface area contributed by atoms with Crippen LogP contribution in [0.2, 0.25) is 0 Å². The molecule has 1 aromatic heterocycles. The highest BCUT2D eigenvalue weighted by molar-refractivity contribution is 6.15. The summed E-state index contributed by atoms with van der Waals surface area (Å²) in [5.74, 6) is 0.0256. The Labute approximate surface area is 178 Å². The average molecular weight is 421 g/mol. The van der Waals surface area contributed by atoms with Gasteiger partial charge in [-0.1, -0.05) is 24.3 Å². The molecule has 0 saturated heterocycles. The summed E-state index contributed by atoms with van der Waals surface area (Å²) in [5.41, 5.74) is 3.74. The van der Waals surface area contributed by atoms with Crippen LogP contribution in [-0.2, 0) is 6.42 Å². The number of rotatable bonds is 2. The zero-order valence-electron chi connectivity index (χ0n) is 16.7. The van der Waals surface area contributed by atoms with E-state index in [1.807, 2.05) is 30.3 Å². The van der Waals surface area contributed by atoms with Gasteiger partial charge in [-0.15, -0.1) is 11.6 Å². The molecular formula is C24H21ClN2O3. The van der Waals surface area contributed by atoms with Gasteiger partial charge in [-0.05, 0) is 48.6 Å². The number of amides is 1. The van der Waals surface area contributed by atoms with Gasteiger partial charge >= 0.3 is 0 Å². The summed E-state index contributed by atoms with van der Waals surface area (Å²) in [4.78, 5) is 29.7. The lowest BCUT2D eigenvalue weighted by molar-refractivity contribution is 0.0983. The second-order valence-electron chi connectivity index (χ2n) is 7.19. The Balaban J connectivity index is 0.00000106. The number of hydrogen-bond donors (Lipinski definition) is 2. The molecule has 2 heterocycles. The van der Waals surface area contributed by atoms with Crippen LogP contribution in [-0.4, -0.2) is 34.7 Å². The smallest absolute Gasteiger partial charge is 0.274 e. The summed E-state index contributed by atoms with van der Waals surface area (Å²) in [6.45, 7) is 2.09. The number of Topliss-reactive ketones (excluding diaryl/α,β-unsaturated/α-hetero) is 1. The summed E-state index contributed by atoms with van der Waals surface area (Å²) >= 11 is 4.64. The number of aromatic nitrogens is 1. The fourth-order valence-electron chi connectivity index (χ4n) is 4.07. The first-order valence-corrected chi connectivity index (χ1v) is 10.4. The molecule has 0 atom stereocenters. The van der Waals surface area contributed by atoms with Gasteiger partial charge in [0.1, 0.15) is 11.4 Å². The largest absolute Gasteiger partial charge is 0.507 e. The van der Waals surface area contributed by atoms with Crippen molar-refractivity contribution >= 4 is 50.7 Å². The SMILES string of the molecule is CC(=O)c1ccc2[nH]c(C(=O)N3CCc4c3cc(O)c3ccccc43)cc2c1.CCl. The number of phenolic OH excluding ortho intramolecular Hbond substituents is 1. The van der Waals surface area contributed by atoms with E-state index in [1.54, 1.807) is 29.2 Å². The third-order valence-electron chi connectivity index (χ3n) is 5.49. The summed E-state index contributed by atoms with van der Waals surface area (Å²) in [6.07, 6.45) is 2.22. The van der Waals surface area contributed by atoms with Crippen molar-refractivity contribution in [2.75, 3.05) is 17.8 Å². The molecule has 0 unspecified atom stereocenters. The van der Waals surface area contributed by atoms with Crippen molar-refractivity contribution in [3.63, 3.8) is 0 Å². The quantitative estimate of drug-likeness (QED) is 0.342. The summed E-state index contributed by atoms with van der Waals surface area (Å²) < 4.78 is 0. The number of H-pyrrole nitrogens is 1. The van der Waals surface area contributed by atoms with E-state index in [0.29, 0.717) is 17.8 Å². The number of ketones is 1. The Morgan fingerprint density at radius 3 is 2.50 bits per heavy atom. The highest BCUT2D eigenvalue weighted by Crippen LogP contribution is 2.40. The van der Waals surface area contributed by atoms with Crippen LogP contribution >= 0.6 is 11.6 Å². The molecule has 5 nitrogen and oxygen atoms in total. The lowest BCUT2D eigenvalue weighted by Gasteiger charge is -2.17. The topological polar surface area (TPSA) is 73.4 Å². The number of nitrogens with one attached hydrogen (secondary N) is 1. The van der Waals surface area contributed by atoms with Gasteiger partial charge in [0.25, 0.3) is 5.91 Å². The van der Waals surface area contributed by atoms with Crippen LogP contribution in [0.3, 0.4) is 0 Å². The number of carbonyl (C=O) groups is 2. The average Bonchev–Trinajstić information content (AvgIpc) is 3.38. The van der Waals surface area contributed by atoms with Crippen molar-refractivity contribution in [3.05, 3.63) is 71.4 Å². The Hall–Kier alpha value is -3.31. The normalized spacial score (nSPS) is 12.6. The van der Waals surface area contributed by atoms with E-state index < -0.39 is 0 Å². The van der Waals surface area contributed by atoms with Crippen molar-refractivity contribution in [3.8, 4) is 5.75 Å².